The van der Waals surface area contributed by atoms with E-state index in [0.29, 0.717) is 12.1 Å². The van der Waals surface area contributed by atoms with E-state index in [0.717, 1.165) is 0 Å². The Morgan fingerprint density at radius 1 is 1.61 bits per heavy atom. The lowest BCUT2D eigenvalue weighted by Crippen LogP contribution is -2.41. The summed E-state index contributed by atoms with van der Waals surface area (Å²) in [4.78, 5) is 22.4. The lowest BCUT2D eigenvalue weighted by Gasteiger charge is -2.24. The number of methoxy groups -OCH3 is 1. The monoisotopic (exact) mass is 255 g/mol. The molecule has 2 N–H and O–H groups in total. The van der Waals surface area contributed by atoms with Gasteiger partial charge in [0.25, 0.3) is 5.91 Å². The van der Waals surface area contributed by atoms with Gasteiger partial charge in [0.1, 0.15) is 12.1 Å². The summed E-state index contributed by atoms with van der Waals surface area (Å²) in [6, 6.07) is 0. The van der Waals surface area contributed by atoms with E-state index in [1.165, 1.54) is 24.2 Å². The molecule has 0 aliphatic carbocycles. The van der Waals surface area contributed by atoms with E-state index in [4.69, 9.17) is 9.84 Å². The summed E-state index contributed by atoms with van der Waals surface area (Å²) in [5, 5.41) is 15.1. The van der Waals surface area contributed by atoms with Crippen molar-refractivity contribution in [1.82, 2.24) is 9.78 Å². The summed E-state index contributed by atoms with van der Waals surface area (Å²) >= 11 is 0. The number of amides is 1. The average molecular weight is 255 g/mol. The number of aliphatic carboxylic acids is 1. The molecule has 0 aliphatic rings. The predicted molar refractivity (Wildman–Crippen MR) is 64.2 cm³/mol. The van der Waals surface area contributed by atoms with Gasteiger partial charge in [-0.25, -0.2) is 0 Å². The molecule has 1 aromatic rings. The quantitative estimate of drug-likeness (QED) is 0.781. The van der Waals surface area contributed by atoms with Crippen LogP contribution in [-0.2, 0) is 20.9 Å². The van der Waals surface area contributed by atoms with E-state index in [1.807, 2.05) is 6.92 Å². The third kappa shape index (κ3) is 3.30. The van der Waals surface area contributed by atoms with Crippen LogP contribution in [0.1, 0.15) is 20.3 Å². The van der Waals surface area contributed by atoms with Gasteiger partial charge in [-0.15, -0.1) is 0 Å². The van der Waals surface area contributed by atoms with Crippen LogP contribution < -0.4 is 5.32 Å². The summed E-state index contributed by atoms with van der Waals surface area (Å²) in [7, 11) is 1.47. The molecule has 0 fully saturated rings. The fraction of sp³-hybridized carbons (Fsp3) is 0.545. The fourth-order valence-electron chi connectivity index (χ4n) is 1.31. The largest absolute Gasteiger partial charge is 0.480 e. The molecular weight excluding hydrogens is 238 g/mol. The van der Waals surface area contributed by atoms with Gasteiger partial charge in [-0.3, -0.25) is 14.3 Å². The standard InChI is InChI=1S/C11H17N3O4/c1-4-11(2,18-3)10(17)13-8-5-12-14(6-8)7-9(15)16/h5-6H,4,7H2,1-3H3,(H,13,17)(H,15,16). The van der Waals surface area contributed by atoms with Crippen LogP contribution >= 0.6 is 0 Å². The van der Waals surface area contributed by atoms with Gasteiger partial charge in [-0.2, -0.15) is 5.10 Å². The average Bonchev–Trinajstić information content (AvgIpc) is 2.74. The Bertz CT molecular complexity index is 437. The Balaban J connectivity index is 2.70. The minimum Gasteiger partial charge on any atom is -0.480 e. The van der Waals surface area contributed by atoms with Crippen LogP contribution in [-0.4, -0.2) is 39.5 Å². The first-order valence-corrected chi connectivity index (χ1v) is 5.52. The minimum atomic E-state index is -0.994. The van der Waals surface area contributed by atoms with Crippen LogP contribution in [0.25, 0.3) is 0 Å². The number of nitrogens with zero attached hydrogens (tertiary/aromatic N) is 2. The van der Waals surface area contributed by atoms with E-state index in [9.17, 15) is 9.59 Å². The molecule has 7 nitrogen and oxygen atoms in total. The van der Waals surface area contributed by atoms with Crippen LogP contribution in [0, 0.1) is 0 Å². The first kappa shape index (κ1) is 14.2. The number of carboxylic acid groups (broad SMARTS) is 1. The van der Waals surface area contributed by atoms with Gasteiger partial charge in [-0.1, -0.05) is 6.92 Å². The Labute approximate surface area is 105 Å². The van der Waals surface area contributed by atoms with Gasteiger partial charge in [0.2, 0.25) is 0 Å². The highest BCUT2D eigenvalue weighted by Gasteiger charge is 2.31. The van der Waals surface area contributed by atoms with E-state index < -0.39 is 11.6 Å². The summed E-state index contributed by atoms with van der Waals surface area (Å²) in [5.74, 6) is -1.28. The Kier molecular flexibility index (Phi) is 4.43. The highest BCUT2D eigenvalue weighted by atomic mass is 16.5. The zero-order valence-electron chi connectivity index (χ0n) is 10.6. The molecule has 1 unspecified atom stereocenters. The molecular formula is C11H17N3O4. The molecule has 0 saturated heterocycles. The van der Waals surface area contributed by atoms with Crippen molar-refractivity contribution in [2.75, 3.05) is 12.4 Å². The van der Waals surface area contributed by atoms with Crippen LogP contribution in [0.3, 0.4) is 0 Å². The molecule has 1 amide bonds. The summed E-state index contributed by atoms with van der Waals surface area (Å²) in [5.41, 5.74) is -0.465. The summed E-state index contributed by atoms with van der Waals surface area (Å²) < 4.78 is 6.39. The number of hydrogen-bond donors (Lipinski definition) is 2. The van der Waals surface area contributed by atoms with Crippen LogP contribution in [0.4, 0.5) is 5.69 Å². The fourth-order valence-corrected chi connectivity index (χ4v) is 1.31. The lowest BCUT2D eigenvalue weighted by atomic mass is 10.0. The topological polar surface area (TPSA) is 93.5 Å². The molecule has 0 spiro atoms. The molecule has 1 heterocycles. The number of anilines is 1. The normalized spacial score (nSPS) is 13.9. The molecule has 0 radical (unpaired) electrons. The number of aromatic nitrogens is 2. The number of carbonyl (C=O) groups excluding carboxylic acids is 1. The highest BCUT2D eigenvalue weighted by Crippen LogP contribution is 2.17. The zero-order valence-corrected chi connectivity index (χ0v) is 10.6. The first-order valence-electron chi connectivity index (χ1n) is 5.52. The van der Waals surface area contributed by atoms with E-state index in [-0.39, 0.29) is 12.5 Å². The molecule has 0 saturated carbocycles. The lowest BCUT2D eigenvalue weighted by molar-refractivity contribution is -0.138. The van der Waals surface area contributed by atoms with E-state index in [1.54, 1.807) is 6.92 Å². The van der Waals surface area contributed by atoms with Crippen LogP contribution in [0.5, 0.6) is 0 Å². The van der Waals surface area contributed by atoms with Crippen molar-refractivity contribution >= 4 is 17.6 Å². The van der Waals surface area contributed by atoms with Gasteiger partial charge >= 0.3 is 5.97 Å². The van der Waals surface area contributed by atoms with Crippen molar-refractivity contribution in [2.24, 2.45) is 0 Å². The second kappa shape index (κ2) is 5.63. The molecule has 1 aromatic heterocycles. The maximum Gasteiger partial charge on any atom is 0.325 e. The predicted octanol–water partition coefficient (Wildman–Crippen LogP) is 0.721. The Hall–Kier alpha value is -1.89. The molecule has 0 bridgehead atoms. The van der Waals surface area contributed by atoms with E-state index in [2.05, 4.69) is 10.4 Å². The van der Waals surface area contributed by atoms with Crippen molar-refractivity contribution in [3.05, 3.63) is 12.4 Å². The van der Waals surface area contributed by atoms with Gasteiger partial charge < -0.3 is 15.2 Å². The number of nitrogens with one attached hydrogen (secondary N) is 1. The SMILES string of the molecule is CCC(C)(OC)C(=O)Nc1cnn(CC(=O)O)c1. The highest BCUT2D eigenvalue weighted by molar-refractivity contribution is 5.96. The Morgan fingerprint density at radius 3 is 2.78 bits per heavy atom. The second-order valence-corrected chi connectivity index (χ2v) is 4.06. The number of hydrogen-bond acceptors (Lipinski definition) is 4. The van der Waals surface area contributed by atoms with Crippen LogP contribution in [0.2, 0.25) is 0 Å². The third-order valence-electron chi connectivity index (χ3n) is 2.79. The van der Waals surface area contributed by atoms with Crippen molar-refractivity contribution < 1.29 is 19.4 Å². The van der Waals surface area contributed by atoms with Crippen molar-refractivity contribution in [3.63, 3.8) is 0 Å². The summed E-state index contributed by atoms with van der Waals surface area (Å²) in [6.07, 6.45) is 3.38. The second-order valence-electron chi connectivity index (χ2n) is 4.06. The maximum absolute atomic E-state index is 11.9. The Morgan fingerprint density at radius 2 is 2.28 bits per heavy atom. The number of ether oxygens (including phenoxy) is 1. The molecule has 18 heavy (non-hydrogen) atoms. The smallest absolute Gasteiger partial charge is 0.325 e. The third-order valence-corrected chi connectivity index (χ3v) is 2.79. The minimum absolute atomic E-state index is 0.245. The summed E-state index contributed by atoms with van der Waals surface area (Å²) in [6.45, 7) is 3.28. The number of rotatable bonds is 6. The zero-order chi connectivity index (χ0) is 13.8. The van der Waals surface area contributed by atoms with Gasteiger partial charge in [0, 0.05) is 13.3 Å². The number of carboxylic acids is 1. The van der Waals surface area contributed by atoms with E-state index >= 15 is 0 Å². The number of carbonyl (C=O) groups is 2. The maximum atomic E-state index is 11.9. The molecule has 100 valence electrons. The van der Waals surface area contributed by atoms with Crippen molar-refractivity contribution in [3.8, 4) is 0 Å². The van der Waals surface area contributed by atoms with Gasteiger partial charge in [0.05, 0.1) is 11.9 Å². The molecule has 1 rings (SSSR count). The molecule has 0 aliphatic heterocycles. The van der Waals surface area contributed by atoms with Crippen molar-refractivity contribution in [1.29, 1.82) is 0 Å². The molecule has 7 heteroatoms. The van der Waals surface area contributed by atoms with Gasteiger partial charge in [0.15, 0.2) is 0 Å². The van der Waals surface area contributed by atoms with Crippen molar-refractivity contribution in [2.45, 2.75) is 32.4 Å². The molecule has 0 aromatic carbocycles. The molecule has 1 atom stereocenters. The first-order chi connectivity index (χ1) is 8.41. The van der Waals surface area contributed by atoms with Gasteiger partial charge in [-0.05, 0) is 13.3 Å². The van der Waals surface area contributed by atoms with Crippen LogP contribution in [0.15, 0.2) is 12.4 Å².